The average molecular weight is 866 g/mol. The smallest absolute Gasteiger partial charge is 0.326 e. The number of phenolic OH excluding ortho intramolecular Hbond substituents is 2. The molecule has 0 heterocycles. The summed E-state index contributed by atoms with van der Waals surface area (Å²) in [5, 5.41) is 39.7. The molecule has 5 amide bonds. The number of nitrogens with one attached hydrogen (secondary N) is 4. The van der Waals surface area contributed by atoms with E-state index in [1.165, 1.54) is 68.1 Å². The highest BCUT2D eigenvalue weighted by Crippen LogP contribution is 2.25. The Kier molecular flexibility index (Phi) is 18.6. The van der Waals surface area contributed by atoms with Crippen LogP contribution in [0, 0.1) is 0 Å². The van der Waals surface area contributed by atoms with Gasteiger partial charge in [-0.2, -0.15) is 0 Å². The van der Waals surface area contributed by atoms with Gasteiger partial charge in [-0.15, -0.1) is 0 Å². The number of carbonyl (C=O) groups excluding carboxylic acids is 5. The molecule has 0 saturated heterocycles. The third-order valence-corrected chi connectivity index (χ3v) is 10.6. The molecule has 0 fully saturated rings. The van der Waals surface area contributed by atoms with E-state index < -0.39 is 65.7 Å². The number of nitrogens with zero attached hydrogens (tertiary/aromatic N) is 1. The summed E-state index contributed by atoms with van der Waals surface area (Å²) in [7, 11) is 1.35. The number of likely N-dealkylation sites (N-methyl/N-ethyl adjacent to an activating group) is 1. The Morgan fingerprint density at radius 3 is 1.81 bits per heavy atom. The number of nitrogens with two attached hydrogens (primary N) is 2. The molecule has 16 nitrogen and oxygen atoms in total. The molecule has 4 aromatic carbocycles. The SMILES string of the molecule is CCCCc1ccc(-c2ccc(C(=O)NC[C@@H](N)C(=O)N[C@@H](CCCCN)C(=O)N(C)[C@H](C(=O)N[C@@H](C)C(=O)N[C@@H](Cc3ccc(O)cc3)C(=O)O)c3ccc(O)cc3)cc2)cc1. The van der Waals surface area contributed by atoms with Crippen molar-refractivity contribution in [2.24, 2.45) is 11.5 Å². The second kappa shape index (κ2) is 24.0. The number of benzene rings is 4. The van der Waals surface area contributed by atoms with Crippen LogP contribution < -0.4 is 32.7 Å². The Bertz CT molecular complexity index is 2150. The summed E-state index contributed by atoms with van der Waals surface area (Å²) in [5.41, 5.74) is 16.3. The molecule has 4 aromatic rings. The van der Waals surface area contributed by atoms with Crippen LogP contribution in [0.4, 0.5) is 0 Å². The van der Waals surface area contributed by atoms with Crippen LogP contribution in [-0.2, 0) is 36.8 Å². The number of hydrogen-bond acceptors (Lipinski definition) is 10. The minimum atomic E-state index is -1.39. The number of carbonyl (C=O) groups is 6. The molecule has 0 aromatic heterocycles. The zero-order valence-corrected chi connectivity index (χ0v) is 35.9. The van der Waals surface area contributed by atoms with Crippen LogP contribution in [-0.4, -0.2) is 100 Å². The number of unbranched alkanes of at least 4 members (excludes halogenated alkanes) is 2. The van der Waals surface area contributed by atoms with Gasteiger partial charge in [0.15, 0.2) is 0 Å². The van der Waals surface area contributed by atoms with Crippen molar-refractivity contribution in [2.75, 3.05) is 20.1 Å². The minimum Gasteiger partial charge on any atom is -0.508 e. The van der Waals surface area contributed by atoms with E-state index in [-0.39, 0.29) is 36.4 Å². The molecule has 0 radical (unpaired) electrons. The molecule has 336 valence electrons. The van der Waals surface area contributed by atoms with E-state index in [0.717, 1.165) is 35.3 Å². The van der Waals surface area contributed by atoms with E-state index >= 15 is 0 Å². The predicted octanol–water partition coefficient (Wildman–Crippen LogP) is 3.29. The maximum atomic E-state index is 14.2. The van der Waals surface area contributed by atoms with E-state index in [9.17, 15) is 44.1 Å². The Morgan fingerprint density at radius 1 is 0.683 bits per heavy atom. The van der Waals surface area contributed by atoms with Crippen LogP contribution in [0.1, 0.15) is 79.0 Å². The van der Waals surface area contributed by atoms with Gasteiger partial charge in [0.2, 0.25) is 23.6 Å². The maximum absolute atomic E-state index is 14.2. The quantitative estimate of drug-likeness (QED) is 0.0489. The number of phenols is 2. The number of amides is 5. The third-order valence-electron chi connectivity index (χ3n) is 10.6. The molecule has 0 unspecified atom stereocenters. The van der Waals surface area contributed by atoms with E-state index in [2.05, 4.69) is 52.5 Å². The van der Waals surface area contributed by atoms with Crippen LogP contribution in [0.5, 0.6) is 11.5 Å². The summed E-state index contributed by atoms with van der Waals surface area (Å²) in [4.78, 5) is 81.1. The van der Waals surface area contributed by atoms with Crippen molar-refractivity contribution in [3.63, 3.8) is 0 Å². The topological polar surface area (TPSA) is 267 Å². The normalized spacial score (nSPS) is 13.3. The predicted molar refractivity (Wildman–Crippen MR) is 238 cm³/mol. The van der Waals surface area contributed by atoms with Crippen LogP contribution in [0.15, 0.2) is 97.1 Å². The van der Waals surface area contributed by atoms with Gasteiger partial charge in [-0.1, -0.05) is 74.0 Å². The molecule has 0 bridgehead atoms. The van der Waals surface area contributed by atoms with Crippen LogP contribution >= 0.6 is 0 Å². The second-order valence-corrected chi connectivity index (χ2v) is 15.5. The maximum Gasteiger partial charge on any atom is 0.326 e. The fourth-order valence-electron chi connectivity index (χ4n) is 6.79. The highest BCUT2D eigenvalue weighted by molar-refractivity contribution is 5.97. The minimum absolute atomic E-state index is 0.0103. The number of hydrogen-bond donors (Lipinski definition) is 9. The number of rotatable bonds is 23. The summed E-state index contributed by atoms with van der Waals surface area (Å²) in [6.45, 7) is 3.57. The molecule has 0 spiro atoms. The van der Waals surface area contributed by atoms with Gasteiger partial charge in [0.25, 0.3) is 5.91 Å². The Labute approximate surface area is 367 Å². The van der Waals surface area contributed by atoms with Gasteiger partial charge in [0.1, 0.15) is 41.7 Å². The Hall–Kier alpha value is -6.78. The Morgan fingerprint density at radius 2 is 1.24 bits per heavy atom. The fraction of sp³-hybridized carbons (Fsp3) is 0.362. The van der Waals surface area contributed by atoms with Crippen molar-refractivity contribution < 1.29 is 44.1 Å². The molecule has 4 rings (SSSR count). The first-order valence-corrected chi connectivity index (χ1v) is 21.0. The van der Waals surface area contributed by atoms with Crippen LogP contribution in [0.2, 0.25) is 0 Å². The van der Waals surface area contributed by atoms with Gasteiger partial charge in [-0.05, 0) is 110 Å². The molecule has 0 saturated carbocycles. The number of aromatic hydroxyl groups is 2. The first kappa shape index (κ1) is 48.9. The fourth-order valence-corrected chi connectivity index (χ4v) is 6.79. The zero-order valence-electron chi connectivity index (χ0n) is 35.9. The average Bonchev–Trinajstić information content (AvgIpc) is 3.28. The second-order valence-electron chi connectivity index (χ2n) is 15.5. The molecule has 0 aliphatic rings. The van der Waals surface area contributed by atoms with Gasteiger partial charge >= 0.3 is 5.97 Å². The van der Waals surface area contributed by atoms with E-state index in [0.29, 0.717) is 30.5 Å². The van der Waals surface area contributed by atoms with Crippen molar-refractivity contribution in [3.05, 3.63) is 119 Å². The molecule has 0 aliphatic carbocycles. The van der Waals surface area contributed by atoms with Crippen molar-refractivity contribution in [3.8, 4) is 22.6 Å². The van der Waals surface area contributed by atoms with Crippen molar-refractivity contribution in [1.29, 1.82) is 0 Å². The molecule has 0 aliphatic heterocycles. The highest BCUT2D eigenvalue weighted by atomic mass is 16.4. The van der Waals surface area contributed by atoms with Gasteiger partial charge in [0, 0.05) is 25.6 Å². The van der Waals surface area contributed by atoms with Gasteiger partial charge in [0.05, 0.1) is 0 Å². The van der Waals surface area contributed by atoms with Crippen LogP contribution in [0.25, 0.3) is 11.1 Å². The summed E-state index contributed by atoms with van der Waals surface area (Å²) in [6.07, 6.45) is 4.23. The standard InChI is InChI=1S/C47H59N7O9/c1-4-5-8-30-10-14-32(15-11-30)33-16-18-35(19-17-33)43(58)50-28-38(49)44(59)52-39(9-6-7-26-48)46(61)54(3)41(34-20-24-37(56)25-21-34)45(60)51-29(2)42(57)53-40(47(62)63)27-31-12-22-36(55)23-13-31/h10-25,29,38-41,55-56H,4-9,26-28,48-49H2,1-3H3,(H,50,58)(H,51,60)(H,52,59)(H,53,57)(H,62,63)/t29-,38+,39-,40-,41-/m0/s1. The third kappa shape index (κ3) is 14.7. The zero-order chi connectivity index (χ0) is 46.1. The Balaban J connectivity index is 1.42. The highest BCUT2D eigenvalue weighted by Gasteiger charge is 2.35. The summed E-state index contributed by atoms with van der Waals surface area (Å²) >= 11 is 0. The molecule has 11 N–H and O–H groups in total. The van der Waals surface area contributed by atoms with Gasteiger partial charge < -0.3 is 53.0 Å². The van der Waals surface area contributed by atoms with Crippen molar-refractivity contribution in [2.45, 2.75) is 89.0 Å². The van der Waals surface area contributed by atoms with Crippen LogP contribution in [0.3, 0.4) is 0 Å². The molecule has 63 heavy (non-hydrogen) atoms. The lowest BCUT2D eigenvalue weighted by molar-refractivity contribution is -0.144. The molecule has 16 heteroatoms. The lowest BCUT2D eigenvalue weighted by atomic mass is 10.0. The lowest BCUT2D eigenvalue weighted by Gasteiger charge is -2.32. The lowest BCUT2D eigenvalue weighted by Crippen LogP contribution is -2.56. The van der Waals surface area contributed by atoms with E-state index in [4.69, 9.17) is 11.5 Å². The summed E-state index contributed by atoms with van der Waals surface area (Å²) in [5.74, 6) is -4.94. The molecular formula is C47H59N7O9. The van der Waals surface area contributed by atoms with Gasteiger partial charge in [-0.3, -0.25) is 24.0 Å². The molecular weight excluding hydrogens is 807 g/mol. The number of aliphatic carboxylic acids is 1. The first-order chi connectivity index (χ1) is 30.1. The van der Waals surface area contributed by atoms with E-state index in [1.807, 2.05) is 12.1 Å². The largest absolute Gasteiger partial charge is 0.508 e. The van der Waals surface area contributed by atoms with Crippen molar-refractivity contribution >= 4 is 35.5 Å². The van der Waals surface area contributed by atoms with E-state index in [1.54, 1.807) is 12.1 Å². The number of aryl methyl sites for hydroxylation is 1. The number of carboxylic acids is 1. The summed E-state index contributed by atoms with van der Waals surface area (Å²) in [6, 6.07) is 20.2. The van der Waals surface area contributed by atoms with Gasteiger partial charge in [-0.25, -0.2) is 4.79 Å². The first-order valence-electron chi connectivity index (χ1n) is 21.0. The summed E-state index contributed by atoms with van der Waals surface area (Å²) < 4.78 is 0. The number of carboxylic acid groups (broad SMARTS) is 1. The molecule has 5 atom stereocenters. The monoisotopic (exact) mass is 865 g/mol. The van der Waals surface area contributed by atoms with Crippen molar-refractivity contribution in [1.82, 2.24) is 26.2 Å².